The lowest BCUT2D eigenvalue weighted by Crippen LogP contribution is -2.17. The largest absolute Gasteiger partial charge is 0.329 e. The molecule has 0 aliphatic heterocycles. The van der Waals surface area contributed by atoms with Gasteiger partial charge in [-0.1, -0.05) is 29.5 Å². The first-order valence-corrected chi connectivity index (χ1v) is 13.2. The highest BCUT2D eigenvalue weighted by atomic mass is 32.1. The molecule has 198 valence electrons. The van der Waals surface area contributed by atoms with Gasteiger partial charge in [-0.2, -0.15) is 5.26 Å². The van der Waals surface area contributed by atoms with Gasteiger partial charge in [-0.3, -0.25) is 19.9 Å². The quantitative estimate of drug-likeness (QED) is 0.250. The smallest absolute Gasteiger partial charge is 0.259 e. The van der Waals surface area contributed by atoms with Crippen LogP contribution in [-0.2, 0) is 5.41 Å². The van der Waals surface area contributed by atoms with Gasteiger partial charge in [0, 0.05) is 36.4 Å². The molecule has 10 heteroatoms. The van der Waals surface area contributed by atoms with Crippen LogP contribution in [0.3, 0.4) is 0 Å². The number of pyridine rings is 2. The number of thiazole rings is 1. The lowest BCUT2D eigenvalue weighted by atomic mass is 9.85. The zero-order chi connectivity index (χ0) is 28.3. The van der Waals surface area contributed by atoms with E-state index in [4.69, 9.17) is 4.98 Å². The zero-order valence-corrected chi connectivity index (χ0v) is 22.9. The number of nitriles is 1. The summed E-state index contributed by atoms with van der Waals surface area (Å²) in [5.74, 6) is 0.125. The molecule has 0 spiro atoms. The van der Waals surface area contributed by atoms with Crippen molar-refractivity contribution in [1.29, 1.82) is 5.26 Å². The summed E-state index contributed by atoms with van der Waals surface area (Å²) in [7, 11) is 1.88. The molecule has 2 aromatic carbocycles. The highest BCUT2D eigenvalue weighted by Gasteiger charge is 2.21. The van der Waals surface area contributed by atoms with E-state index in [0.29, 0.717) is 38.1 Å². The lowest BCUT2D eigenvalue weighted by molar-refractivity contribution is 0.101. The second-order valence-electron chi connectivity index (χ2n) is 9.59. The van der Waals surface area contributed by atoms with Gasteiger partial charge in [-0.15, -0.1) is 0 Å². The Morgan fingerprint density at radius 3 is 2.48 bits per heavy atom. The topological polar surface area (TPSA) is 124 Å². The molecule has 2 amide bonds. The van der Waals surface area contributed by atoms with Crippen molar-refractivity contribution in [3.8, 4) is 6.07 Å². The number of carbonyl (C=O) groups is 2. The predicted molar refractivity (Wildman–Crippen MR) is 157 cm³/mol. The third kappa shape index (κ3) is 5.65. The molecule has 2 N–H and O–H groups in total. The van der Waals surface area contributed by atoms with Crippen LogP contribution in [0.2, 0.25) is 0 Å². The zero-order valence-electron chi connectivity index (χ0n) is 22.0. The molecule has 0 aliphatic carbocycles. The maximum atomic E-state index is 13.0. The first-order valence-electron chi connectivity index (χ1n) is 12.4. The van der Waals surface area contributed by atoms with Crippen LogP contribution >= 0.6 is 11.3 Å². The van der Waals surface area contributed by atoms with Crippen molar-refractivity contribution in [2.24, 2.45) is 0 Å². The second kappa shape index (κ2) is 10.9. The van der Waals surface area contributed by atoms with Gasteiger partial charge in [0.15, 0.2) is 5.13 Å². The lowest BCUT2D eigenvalue weighted by Gasteiger charge is -2.19. The molecule has 0 fully saturated rings. The van der Waals surface area contributed by atoms with Crippen LogP contribution in [0.15, 0.2) is 85.2 Å². The Morgan fingerprint density at radius 2 is 1.70 bits per heavy atom. The van der Waals surface area contributed by atoms with Gasteiger partial charge in [0.2, 0.25) is 0 Å². The van der Waals surface area contributed by atoms with Crippen molar-refractivity contribution in [1.82, 2.24) is 15.0 Å². The maximum absolute atomic E-state index is 13.0. The van der Waals surface area contributed by atoms with Crippen LogP contribution in [0.4, 0.5) is 22.3 Å². The summed E-state index contributed by atoms with van der Waals surface area (Å²) in [4.78, 5) is 41.2. The van der Waals surface area contributed by atoms with Crippen LogP contribution < -0.4 is 15.5 Å². The Hall–Kier alpha value is -5.14. The molecule has 9 nitrogen and oxygen atoms in total. The van der Waals surface area contributed by atoms with E-state index in [-0.39, 0.29) is 11.8 Å². The fourth-order valence-corrected chi connectivity index (χ4v) is 4.78. The summed E-state index contributed by atoms with van der Waals surface area (Å²) in [6.07, 6.45) is 3.11. The third-order valence-electron chi connectivity index (χ3n) is 6.35. The molecule has 0 atom stereocenters. The molecule has 0 bridgehead atoms. The number of carbonyl (C=O) groups excluding carboxylic acids is 2. The fraction of sp³-hybridized carbons (Fsp3) is 0.133. The predicted octanol–water partition coefficient (Wildman–Crippen LogP) is 6.16. The first-order chi connectivity index (χ1) is 19.2. The van der Waals surface area contributed by atoms with Crippen LogP contribution in [0.1, 0.15) is 40.1 Å². The van der Waals surface area contributed by atoms with Gasteiger partial charge >= 0.3 is 0 Å². The number of anilines is 4. The SMILES string of the molecule is CN(c1cccc(NC(=O)c2cccc(C(C)(C)C#N)c2)c1)c1ccc2nc(NC(=O)c3cccnc3)sc2n1. The van der Waals surface area contributed by atoms with E-state index in [1.165, 1.54) is 17.5 Å². The van der Waals surface area contributed by atoms with Crippen molar-refractivity contribution >= 4 is 55.8 Å². The normalized spacial score (nSPS) is 11.1. The van der Waals surface area contributed by atoms with Crippen molar-refractivity contribution in [3.63, 3.8) is 0 Å². The van der Waals surface area contributed by atoms with Gasteiger partial charge in [0.05, 0.1) is 17.0 Å². The van der Waals surface area contributed by atoms with Gasteiger partial charge in [-0.05, 0) is 74.0 Å². The van der Waals surface area contributed by atoms with Gasteiger partial charge < -0.3 is 10.2 Å². The molecule has 0 aliphatic rings. The monoisotopic (exact) mass is 547 g/mol. The number of fused-ring (bicyclic) bond motifs is 1. The van der Waals surface area contributed by atoms with E-state index >= 15 is 0 Å². The molecular weight excluding hydrogens is 522 g/mol. The second-order valence-corrected chi connectivity index (χ2v) is 10.6. The van der Waals surface area contributed by atoms with Gasteiger partial charge in [0.25, 0.3) is 11.8 Å². The van der Waals surface area contributed by atoms with E-state index in [2.05, 4.69) is 26.7 Å². The Balaban J connectivity index is 1.32. The minimum Gasteiger partial charge on any atom is -0.329 e. The fourth-order valence-electron chi connectivity index (χ4n) is 3.96. The summed E-state index contributed by atoms with van der Waals surface area (Å²) in [6.45, 7) is 3.64. The summed E-state index contributed by atoms with van der Waals surface area (Å²) in [5.41, 5.74) is 3.12. The Morgan fingerprint density at radius 1 is 0.925 bits per heavy atom. The standard InChI is InChI=1S/C30H25N7O2S/c1-30(2,18-31)21-9-4-7-19(15-21)26(38)33-22-10-5-11-23(16-22)37(3)25-13-12-24-28(35-25)40-29(34-24)36-27(39)20-8-6-14-32-17-20/h4-17H,1-3H3,(H,33,38)(H,34,36,39). The molecule has 5 aromatic rings. The Kier molecular flexibility index (Phi) is 7.23. The number of nitrogens with zero attached hydrogens (tertiary/aromatic N) is 5. The first kappa shape index (κ1) is 26.5. The Labute approximate surface area is 235 Å². The number of amides is 2. The average molecular weight is 548 g/mol. The van der Waals surface area contributed by atoms with Crippen molar-refractivity contribution in [2.75, 3.05) is 22.6 Å². The molecule has 0 unspecified atom stereocenters. The molecule has 0 radical (unpaired) electrons. The van der Waals surface area contributed by atoms with E-state index in [1.807, 2.05) is 68.3 Å². The number of benzene rings is 2. The van der Waals surface area contributed by atoms with Crippen LogP contribution in [-0.4, -0.2) is 33.8 Å². The highest BCUT2D eigenvalue weighted by molar-refractivity contribution is 7.22. The summed E-state index contributed by atoms with van der Waals surface area (Å²) < 4.78 is 0. The molecule has 5 rings (SSSR count). The van der Waals surface area contributed by atoms with E-state index < -0.39 is 5.41 Å². The number of aromatic nitrogens is 3. The molecule has 3 aromatic heterocycles. The van der Waals surface area contributed by atoms with E-state index in [0.717, 1.165) is 11.3 Å². The van der Waals surface area contributed by atoms with Crippen LogP contribution in [0, 0.1) is 11.3 Å². The molecule has 0 saturated heterocycles. The Bertz CT molecular complexity index is 1760. The minimum absolute atomic E-state index is 0.263. The van der Waals surface area contributed by atoms with Crippen molar-refractivity contribution < 1.29 is 9.59 Å². The van der Waals surface area contributed by atoms with Crippen molar-refractivity contribution in [2.45, 2.75) is 19.3 Å². The number of hydrogen-bond acceptors (Lipinski definition) is 8. The highest BCUT2D eigenvalue weighted by Crippen LogP contribution is 2.30. The number of rotatable bonds is 7. The molecule has 0 saturated carbocycles. The summed E-state index contributed by atoms with van der Waals surface area (Å²) in [6, 6.07) is 23.9. The molecule has 3 heterocycles. The number of hydrogen-bond donors (Lipinski definition) is 2. The third-order valence-corrected chi connectivity index (χ3v) is 7.23. The number of nitrogens with one attached hydrogen (secondary N) is 2. The minimum atomic E-state index is -0.698. The molecule has 40 heavy (non-hydrogen) atoms. The van der Waals surface area contributed by atoms with E-state index in [1.54, 1.807) is 36.5 Å². The average Bonchev–Trinajstić information content (AvgIpc) is 3.39. The summed E-state index contributed by atoms with van der Waals surface area (Å²) in [5, 5.41) is 15.6. The van der Waals surface area contributed by atoms with Crippen LogP contribution in [0.5, 0.6) is 0 Å². The van der Waals surface area contributed by atoms with Gasteiger partial charge in [-0.25, -0.2) is 9.97 Å². The van der Waals surface area contributed by atoms with Crippen LogP contribution in [0.25, 0.3) is 10.3 Å². The molecular formula is C30H25N7O2S. The van der Waals surface area contributed by atoms with Crippen molar-refractivity contribution in [3.05, 3.63) is 102 Å². The van der Waals surface area contributed by atoms with E-state index in [9.17, 15) is 14.9 Å². The van der Waals surface area contributed by atoms with Gasteiger partial charge in [0.1, 0.15) is 16.2 Å². The summed E-state index contributed by atoms with van der Waals surface area (Å²) >= 11 is 1.28. The maximum Gasteiger partial charge on any atom is 0.259 e.